The fraction of sp³-hybridized carbons (Fsp3) is 0.500. The van der Waals surface area contributed by atoms with Crippen LogP contribution in [-0.4, -0.2) is 27.3 Å². The second-order valence-electron chi connectivity index (χ2n) is 7.83. The highest BCUT2D eigenvalue weighted by Gasteiger charge is 2.17. The zero-order chi connectivity index (χ0) is 18.8. The Labute approximate surface area is 150 Å². The number of carbonyl (C=O) groups excluding carboxylic acids is 1. The number of carbonyl (C=O) groups is 1. The molecule has 1 unspecified atom stereocenters. The molecule has 25 heavy (non-hydrogen) atoms. The summed E-state index contributed by atoms with van der Waals surface area (Å²) in [4.78, 5) is 12.3. The van der Waals surface area contributed by atoms with E-state index in [1.807, 2.05) is 38.1 Å². The number of aromatic nitrogens is 2. The molecule has 0 spiro atoms. The van der Waals surface area contributed by atoms with E-state index in [2.05, 4.69) is 31.2 Å². The number of benzene rings is 1. The summed E-state index contributed by atoms with van der Waals surface area (Å²) in [5, 5.41) is 17.5. The summed E-state index contributed by atoms with van der Waals surface area (Å²) in [5.74, 6) is 0.0342. The molecule has 0 aliphatic rings. The Morgan fingerprint density at radius 1 is 1.24 bits per heavy atom. The Bertz CT molecular complexity index is 724. The summed E-state index contributed by atoms with van der Waals surface area (Å²) in [5.41, 5.74) is 3.46. The van der Waals surface area contributed by atoms with Gasteiger partial charge in [-0.1, -0.05) is 58.9 Å². The molecule has 1 amide bonds. The number of nitrogens with one attached hydrogen (secondary N) is 1. The lowest BCUT2D eigenvalue weighted by molar-refractivity contribution is 0.0907. The fourth-order valence-corrected chi connectivity index (χ4v) is 2.59. The van der Waals surface area contributed by atoms with Crippen LogP contribution in [0.15, 0.2) is 30.3 Å². The van der Waals surface area contributed by atoms with Crippen LogP contribution in [0.5, 0.6) is 0 Å². The van der Waals surface area contributed by atoms with Crippen molar-refractivity contribution in [2.75, 3.05) is 6.54 Å². The van der Waals surface area contributed by atoms with E-state index in [-0.39, 0.29) is 23.8 Å². The van der Waals surface area contributed by atoms with Gasteiger partial charge in [0.2, 0.25) is 0 Å². The van der Waals surface area contributed by atoms with Gasteiger partial charge < -0.3 is 10.4 Å². The van der Waals surface area contributed by atoms with Crippen molar-refractivity contribution < 1.29 is 9.90 Å². The Balaban J connectivity index is 1.99. The lowest BCUT2D eigenvalue weighted by Gasteiger charge is -2.20. The fourth-order valence-electron chi connectivity index (χ4n) is 2.59. The third kappa shape index (κ3) is 4.69. The lowest BCUT2D eigenvalue weighted by atomic mass is 9.86. The van der Waals surface area contributed by atoms with Crippen molar-refractivity contribution in [1.82, 2.24) is 15.1 Å². The Morgan fingerprint density at radius 2 is 1.84 bits per heavy atom. The molecule has 136 valence electrons. The van der Waals surface area contributed by atoms with E-state index in [1.165, 1.54) is 5.56 Å². The van der Waals surface area contributed by atoms with E-state index in [0.29, 0.717) is 5.69 Å². The van der Waals surface area contributed by atoms with Gasteiger partial charge in [-0.3, -0.25) is 9.48 Å². The minimum atomic E-state index is -0.740. The predicted octanol–water partition coefficient (Wildman–Crippen LogP) is 3.30. The third-order valence-corrected chi connectivity index (χ3v) is 4.34. The second-order valence-corrected chi connectivity index (χ2v) is 7.83. The lowest BCUT2D eigenvalue weighted by Crippen LogP contribution is -2.29. The molecular formula is C20H29N3O2. The van der Waals surface area contributed by atoms with Crippen LogP contribution in [0.1, 0.15) is 73.9 Å². The van der Waals surface area contributed by atoms with E-state index in [9.17, 15) is 9.90 Å². The van der Waals surface area contributed by atoms with E-state index in [0.717, 1.165) is 11.3 Å². The highest BCUT2D eigenvalue weighted by Crippen LogP contribution is 2.24. The zero-order valence-electron chi connectivity index (χ0n) is 16.0. The number of aryl methyl sites for hydroxylation is 1. The first kappa shape index (κ1) is 19.2. The van der Waals surface area contributed by atoms with Crippen LogP contribution in [0.4, 0.5) is 0 Å². The van der Waals surface area contributed by atoms with Crippen molar-refractivity contribution in [3.63, 3.8) is 0 Å². The number of rotatable bonds is 5. The molecule has 2 aromatic rings. The molecule has 1 aromatic heterocycles. The van der Waals surface area contributed by atoms with Gasteiger partial charge in [0.15, 0.2) is 0 Å². The first-order chi connectivity index (χ1) is 11.6. The summed E-state index contributed by atoms with van der Waals surface area (Å²) in [6.07, 6.45) is -0.740. The molecule has 0 saturated carbocycles. The number of aliphatic hydroxyl groups excluding tert-OH is 1. The van der Waals surface area contributed by atoms with Gasteiger partial charge >= 0.3 is 0 Å². The van der Waals surface area contributed by atoms with Crippen molar-refractivity contribution in [3.05, 3.63) is 52.8 Å². The van der Waals surface area contributed by atoms with Gasteiger partial charge in [-0.25, -0.2) is 0 Å². The van der Waals surface area contributed by atoms with Crippen LogP contribution in [-0.2, 0) is 12.5 Å². The van der Waals surface area contributed by atoms with Gasteiger partial charge in [0, 0.05) is 13.6 Å². The standard InChI is InChI=1S/C20H29N3O2/c1-13(2)16-11-17(23(6)22-16)19(25)21-12-18(24)14-7-9-15(10-8-14)20(3,4)5/h7-11,13,18,24H,12H2,1-6H3,(H,21,25). The average molecular weight is 343 g/mol. The highest BCUT2D eigenvalue weighted by atomic mass is 16.3. The van der Waals surface area contributed by atoms with E-state index in [1.54, 1.807) is 17.8 Å². The summed E-state index contributed by atoms with van der Waals surface area (Å²) in [7, 11) is 1.75. The van der Waals surface area contributed by atoms with Crippen LogP contribution < -0.4 is 5.32 Å². The molecule has 0 bridgehead atoms. The normalized spacial score (nSPS) is 13.1. The van der Waals surface area contributed by atoms with E-state index in [4.69, 9.17) is 0 Å². The van der Waals surface area contributed by atoms with Crippen molar-refractivity contribution >= 4 is 5.91 Å². The highest BCUT2D eigenvalue weighted by molar-refractivity contribution is 5.92. The number of amides is 1. The number of hydrogen-bond donors (Lipinski definition) is 2. The molecule has 5 heteroatoms. The summed E-state index contributed by atoms with van der Waals surface area (Å²) >= 11 is 0. The number of aliphatic hydroxyl groups is 1. The molecule has 0 saturated heterocycles. The van der Waals surface area contributed by atoms with Gasteiger partial charge in [-0.15, -0.1) is 0 Å². The first-order valence-corrected chi connectivity index (χ1v) is 8.70. The van der Waals surface area contributed by atoms with Gasteiger partial charge in [0.1, 0.15) is 5.69 Å². The average Bonchev–Trinajstić information content (AvgIpc) is 2.94. The van der Waals surface area contributed by atoms with Crippen LogP contribution in [0.2, 0.25) is 0 Å². The molecule has 1 atom stereocenters. The number of nitrogens with zero attached hydrogens (tertiary/aromatic N) is 2. The minimum Gasteiger partial charge on any atom is -0.387 e. The quantitative estimate of drug-likeness (QED) is 0.875. The molecule has 1 heterocycles. The van der Waals surface area contributed by atoms with Gasteiger partial charge in [-0.2, -0.15) is 5.10 Å². The van der Waals surface area contributed by atoms with Gasteiger partial charge in [0.05, 0.1) is 11.8 Å². The third-order valence-electron chi connectivity index (χ3n) is 4.34. The van der Waals surface area contributed by atoms with Crippen molar-refractivity contribution in [2.45, 2.75) is 52.1 Å². The van der Waals surface area contributed by atoms with Crippen LogP contribution in [0.3, 0.4) is 0 Å². The summed E-state index contributed by atoms with van der Waals surface area (Å²) in [6, 6.07) is 9.67. The number of hydrogen-bond acceptors (Lipinski definition) is 3. The topological polar surface area (TPSA) is 67.2 Å². The smallest absolute Gasteiger partial charge is 0.269 e. The molecule has 2 rings (SSSR count). The molecule has 0 aliphatic heterocycles. The van der Waals surface area contributed by atoms with Crippen LogP contribution in [0, 0.1) is 0 Å². The molecule has 0 radical (unpaired) electrons. The minimum absolute atomic E-state index is 0.0748. The largest absolute Gasteiger partial charge is 0.387 e. The van der Waals surface area contributed by atoms with Crippen molar-refractivity contribution in [2.24, 2.45) is 7.05 Å². The summed E-state index contributed by atoms with van der Waals surface area (Å²) in [6.45, 7) is 10.7. The maximum absolute atomic E-state index is 12.3. The maximum atomic E-state index is 12.3. The van der Waals surface area contributed by atoms with Gasteiger partial charge in [0.25, 0.3) is 5.91 Å². The van der Waals surface area contributed by atoms with E-state index >= 15 is 0 Å². The molecule has 0 aliphatic carbocycles. The predicted molar refractivity (Wildman–Crippen MR) is 99.7 cm³/mol. The maximum Gasteiger partial charge on any atom is 0.269 e. The Morgan fingerprint density at radius 3 is 2.32 bits per heavy atom. The SMILES string of the molecule is CC(C)c1cc(C(=O)NCC(O)c2ccc(C(C)(C)C)cc2)n(C)n1. The Hall–Kier alpha value is -2.14. The van der Waals surface area contributed by atoms with Crippen molar-refractivity contribution in [3.8, 4) is 0 Å². The van der Waals surface area contributed by atoms with Gasteiger partial charge in [-0.05, 0) is 28.5 Å². The Kier molecular flexibility index (Phi) is 5.68. The molecular weight excluding hydrogens is 314 g/mol. The van der Waals surface area contributed by atoms with Crippen LogP contribution in [0.25, 0.3) is 0 Å². The van der Waals surface area contributed by atoms with Crippen molar-refractivity contribution in [1.29, 1.82) is 0 Å². The second kappa shape index (κ2) is 7.40. The zero-order valence-corrected chi connectivity index (χ0v) is 16.0. The molecule has 1 aromatic carbocycles. The monoisotopic (exact) mass is 343 g/mol. The summed E-state index contributed by atoms with van der Waals surface area (Å²) < 4.78 is 1.58. The molecule has 2 N–H and O–H groups in total. The van der Waals surface area contributed by atoms with Crippen LogP contribution >= 0.6 is 0 Å². The molecule has 0 fully saturated rings. The van der Waals surface area contributed by atoms with E-state index < -0.39 is 6.10 Å². The molecule has 5 nitrogen and oxygen atoms in total. The first-order valence-electron chi connectivity index (χ1n) is 8.70.